The van der Waals surface area contributed by atoms with Crippen molar-refractivity contribution in [3.05, 3.63) is 52.5 Å². The van der Waals surface area contributed by atoms with E-state index in [1.807, 2.05) is 12.1 Å². The number of benzene rings is 1. The maximum atomic E-state index is 13.0. The minimum absolute atomic E-state index is 0.170. The van der Waals surface area contributed by atoms with E-state index in [9.17, 15) is 4.39 Å². The summed E-state index contributed by atoms with van der Waals surface area (Å²) in [5, 5.41) is 4.24. The van der Waals surface area contributed by atoms with Crippen LogP contribution in [0.5, 0.6) is 0 Å². The molecule has 4 heteroatoms. The molecule has 0 saturated carbocycles. The van der Waals surface area contributed by atoms with Crippen molar-refractivity contribution < 1.29 is 4.39 Å². The predicted octanol–water partition coefficient (Wildman–Crippen LogP) is 3.21. The van der Waals surface area contributed by atoms with Crippen molar-refractivity contribution in [2.75, 3.05) is 18.0 Å². The average molecular weight is 276 g/mol. The molecule has 0 bridgehead atoms. The highest BCUT2D eigenvalue weighted by molar-refractivity contribution is 7.08. The Morgan fingerprint density at radius 1 is 1.16 bits per heavy atom. The van der Waals surface area contributed by atoms with E-state index < -0.39 is 0 Å². The van der Waals surface area contributed by atoms with Crippen LogP contribution in [0.2, 0.25) is 0 Å². The SMILES string of the molecule is NC1CC(c2ccc(F)cc2)CN(c2ccsc2)C1. The topological polar surface area (TPSA) is 29.3 Å². The average Bonchev–Trinajstić information content (AvgIpc) is 2.93. The molecular formula is C15H17FN2S. The van der Waals surface area contributed by atoms with Gasteiger partial charge in [0, 0.05) is 36.1 Å². The Hall–Kier alpha value is -1.39. The first-order chi connectivity index (χ1) is 9.22. The van der Waals surface area contributed by atoms with Crippen LogP contribution in [0.15, 0.2) is 41.1 Å². The van der Waals surface area contributed by atoms with E-state index in [4.69, 9.17) is 5.73 Å². The Balaban J connectivity index is 1.80. The van der Waals surface area contributed by atoms with Crippen molar-refractivity contribution >= 4 is 17.0 Å². The Morgan fingerprint density at radius 3 is 2.63 bits per heavy atom. The van der Waals surface area contributed by atoms with Crippen molar-refractivity contribution in [1.29, 1.82) is 0 Å². The van der Waals surface area contributed by atoms with E-state index in [-0.39, 0.29) is 11.9 Å². The number of nitrogens with two attached hydrogens (primary N) is 1. The Kier molecular flexibility index (Phi) is 3.53. The quantitative estimate of drug-likeness (QED) is 0.912. The van der Waals surface area contributed by atoms with Crippen LogP contribution in [0.3, 0.4) is 0 Å². The number of hydrogen-bond acceptors (Lipinski definition) is 3. The second kappa shape index (κ2) is 5.31. The lowest BCUT2D eigenvalue weighted by molar-refractivity contribution is 0.454. The highest BCUT2D eigenvalue weighted by Crippen LogP contribution is 2.30. The lowest BCUT2D eigenvalue weighted by Gasteiger charge is -2.37. The molecule has 1 aromatic heterocycles. The number of hydrogen-bond donors (Lipinski definition) is 1. The van der Waals surface area contributed by atoms with Crippen LogP contribution in [0.25, 0.3) is 0 Å². The number of nitrogens with zero attached hydrogens (tertiary/aromatic N) is 1. The van der Waals surface area contributed by atoms with Gasteiger partial charge in [-0.25, -0.2) is 4.39 Å². The molecule has 1 saturated heterocycles. The van der Waals surface area contributed by atoms with Crippen molar-refractivity contribution in [3.63, 3.8) is 0 Å². The second-order valence-corrected chi connectivity index (χ2v) is 5.91. The summed E-state index contributed by atoms with van der Waals surface area (Å²) in [6.07, 6.45) is 0.965. The third-order valence-electron chi connectivity index (χ3n) is 3.70. The second-order valence-electron chi connectivity index (χ2n) is 5.13. The minimum atomic E-state index is -0.182. The fraction of sp³-hybridized carbons (Fsp3) is 0.333. The molecule has 2 N–H and O–H groups in total. The van der Waals surface area contributed by atoms with Gasteiger partial charge in [-0.3, -0.25) is 0 Å². The minimum Gasteiger partial charge on any atom is -0.369 e. The number of piperidine rings is 1. The number of thiophene rings is 1. The first kappa shape index (κ1) is 12.6. The molecule has 1 aromatic carbocycles. The van der Waals surface area contributed by atoms with Crippen LogP contribution in [-0.4, -0.2) is 19.1 Å². The van der Waals surface area contributed by atoms with Crippen LogP contribution >= 0.6 is 11.3 Å². The molecule has 1 aliphatic heterocycles. The van der Waals surface area contributed by atoms with Crippen molar-refractivity contribution in [2.45, 2.75) is 18.4 Å². The van der Waals surface area contributed by atoms with Gasteiger partial charge in [0.1, 0.15) is 5.82 Å². The summed E-state index contributed by atoms with van der Waals surface area (Å²) in [6, 6.07) is 9.12. The van der Waals surface area contributed by atoms with Crippen molar-refractivity contribution in [3.8, 4) is 0 Å². The smallest absolute Gasteiger partial charge is 0.123 e. The van der Waals surface area contributed by atoms with Gasteiger partial charge in [-0.2, -0.15) is 11.3 Å². The predicted molar refractivity (Wildman–Crippen MR) is 78.3 cm³/mol. The highest BCUT2D eigenvalue weighted by Gasteiger charge is 2.26. The first-order valence-electron chi connectivity index (χ1n) is 6.50. The van der Waals surface area contributed by atoms with Crippen molar-refractivity contribution in [1.82, 2.24) is 0 Å². The van der Waals surface area contributed by atoms with E-state index in [1.54, 1.807) is 11.3 Å². The summed E-state index contributed by atoms with van der Waals surface area (Å²) in [5.74, 6) is 0.197. The Bertz CT molecular complexity index is 524. The monoisotopic (exact) mass is 276 g/mol. The molecule has 0 amide bonds. The van der Waals surface area contributed by atoms with Gasteiger partial charge >= 0.3 is 0 Å². The number of rotatable bonds is 2. The van der Waals surface area contributed by atoms with Crippen LogP contribution in [0, 0.1) is 5.82 Å². The summed E-state index contributed by atoms with van der Waals surface area (Å²) in [4.78, 5) is 2.33. The van der Waals surface area contributed by atoms with Gasteiger partial charge in [0.15, 0.2) is 0 Å². The van der Waals surface area contributed by atoms with Gasteiger partial charge in [0.05, 0.1) is 0 Å². The molecule has 2 unspecified atom stereocenters. The fourth-order valence-corrected chi connectivity index (χ4v) is 3.43. The van der Waals surface area contributed by atoms with E-state index >= 15 is 0 Å². The van der Waals surface area contributed by atoms with Gasteiger partial charge in [-0.05, 0) is 35.6 Å². The molecular weight excluding hydrogens is 259 g/mol. The summed E-state index contributed by atoms with van der Waals surface area (Å²) < 4.78 is 13.0. The van der Waals surface area contributed by atoms with Gasteiger partial charge < -0.3 is 10.6 Å². The zero-order chi connectivity index (χ0) is 13.2. The molecule has 3 rings (SSSR count). The molecule has 0 aliphatic carbocycles. The normalized spacial score (nSPS) is 23.6. The van der Waals surface area contributed by atoms with Crippen molar-refractivity contribution in [2.24, 2.45) is 5.73 Å². The fourth-order valence-electron chi connectivity index (χ4n) is 2.76. The van der Waals surface area contributed by atoms with Crippen LogP contribution in [0.1, 0.15) is 17.9 Å². The standard InChI is InChI=1S/C15H17FN2S/c16-13-3-1-11(2-4-13)12-7-14(17)9-18(8-12)15-5-6-19-10-15/h1-6,10,12,14H,7-9,17H2. The summed E-state index contributed by atoms with van der Waals surface area (Å²) in [5.41, 5.74) is 8.60. The number of anilines is 1. The van der Waals surface area contributed by atoms with E-state index in [0.29, 0.717) is 5.92 Å². The zero-order valence-corrected chi connectivity index (χ0v) is 11.4. The maximum absolute atomic E-state index is 13.0. The summed E-state index contributed by atoms with van der Waals surface area (Å²) >= 11 is 1.70. The molecule has 19 heavy (non-hydrogen) atoms. The molecule has 2 atom stereocenters. The van der Waals surface area contributed by atoms with Crippen LogP contribution in [-0.2, 0) is 0 Å². The Morgan fingerprint density at radius 2 is 1.95 bits per heavy atom. The van der Waals surface area contributed by atoms with Gasteiger partial charge in [-0.15, -0.1) is 0 Å². The zero-order valence-electron chi connectivity index (χ0n) is 10.6. The summed E-state index contributed by atoms with van der Waals surface area (Å²) in [6.45, 7) is 1.85. The summed E-state index contributed by atoms with van der Waals surface area (Å²) in [7, 11) is 0. The molecule has 1 fully saturated rings. The van der Waals surface area contributed by atoms with E-state index in [2.05, 4.69) is 21.7 Å². The molecule has 0 radical (unpaired) electrons. The largest absolute Gasteiger partial charge is 0.369 e. The van der Waals surface area contributed by atoms with Crippen LogP contribution in [0.4, 0.5) is 10.1 Å². The number of halogens is 1. The van der Waals surface area contributed by atoms with E-state index in [0.717, 1.165) is 19.5 Å². The molecule has 2 heterocycles. The van der Waals surface area contributed by atoms with Gasteiger partial charge in [0.2, 0.25) is 0 Å². The lowest BCUT2D eigenvalue weighted by Crippen LogP contribution is -2.46. The maximum Gasteiger partial charge on any atom is 0.123 e. The third-order valence-corrected chi connectivity index (χ3v) is 4.37. The molecule has 1 aliphatic rings. The van der Waals surface area contributed by atoms with Gasteiger partial charge in [0.25, 0.3) is 0 Å². The van der Waals surface area contributed by atoms with E-state index in [1.165, 1.54) is 23.4 Å². The first-order valence-corrected chi connectivity index (χ1v) is 7.45. The van der Waals surface area contributed by atoms with Gasteiger partial charge in [-0.1, -0.05) is 12.1 Å². The Labute approximate surface area is 116 Å². The highest BCUT2D eigenvalue weighted by atomic mass is 32.1. The molecule has 2 nitrogen and oxygen atoms in total. The lowest BCUT2D eigenvalue weighted by atomic mass is 9.88. The molecule has 0 spiro atoms. The third kappa shape index (κ3) is 2.80. The molecule has 100 valence electrons. The van der Waals surface area contributed by atoms with Crippen LogP contribution < -0.4 is 10.6 Å². The molecule has 2 aromatic rings.